The van der Waals surface area contributed by atoms with Crippen LogP contribution in [0.5, 0.6) is 0 Å². The van der Waals surface area contributed by atoms with Crippen molar-refractivity contribution < 1.29 is 0 Å². The van der Waals surface area contributed by atoms with Crippen LogP contribution in [0.4, 0.5) is 5.69 Å². The Labute approximate surface area is 145 Å². The highest BCUT2D eigenvalue weighted by atomic mass is 15.5. The van der Waals surface area contributed by atoms with E-state index >= 15 is 0 Å². The molecule has 2 aromatic carbocycles. The van der Waals surface area contributed by atoms with E-state index in [9.17, 15) is 0 Å². The molecule has 3 rings (SSSR count). The summed E-state index contributed by atoms with van der Waals surface area (Å²) in [6, 6.07) is 17.1. The van der Waals surface area contributed by atoms with Gasteiger partial charge in [-0.25, -0.2) is 0 Å². The molecule has 1 aliphatic rings. The van der Waals surface area contributed by atoms with Gasteiger partial charge in [0.05, 0.1) is 5.69 Å². The lowest BCUT2D eigenvalue weighted by molar-refractivity contribution is 0.635. The van der Waals surface area contributed by atoms with Crippen LogP contribution in [0.3, 0.4) is 0 Å². The third kappa shape index (κ3) is 3.09. The van der Waals surface area contributed by atoms with Crippen LogP contribution in [0.25, 0.3) is 0 Å². The van der Waals surface area contributed by atoms with Crippen LogP contribution >= 0.6 is 0 Å². The van der Waals surface area contributed by atoms with E-state index in [-0.39, 0.29) is 5.41 Å². The second-order valence-corrected chi connectivity index (χ2v) is 6.96. The van der Waals surface area contributed by atoms with Crippen LogP contribution in [-0.4, -0.2) is 6.54 Å². The standard InChI is InChI=1S/C22H26N2/c1-17-9-5-7-11-20(17)22(3,4)18(2)13-15-23-24-16-14-19-10-6-8-12-21(19)24/h5-13,15,23H,2,14,16H2,1,3-4H3. The average Bonchev–Trinajstić information content (AvgIpc) is 2.98. The van der Waals surface area contributed by atoms with Crippen molar-refractivity contribution in [2.75, 3.05) is 11.6 Å². The summed E-state index contributed by atoms with van der Waals surface area (Å²) in [5.41, 5.74) is 9.70. The van der Waals surface area contributed by atoms with Gasteiger partial charge in [-0.3, -0.25) is 5.01 Å². The molecule has 2 nitrogen and oxygen atoms in total. The monoisotopic (exact) mass is 318 g/mol. The Bertz CT molecular complexity index is 771. The molecule has 0 radical (unpaired) electrons. The third-order valence-electron chi connectivity index (χ3n) is 5.02. The molecule has 1 N–H and O–H groups in total. The summed E-state index contributed by atoms with van der Waals surface area (Å²) in [7, 11) is 0. The first-order valence-electron chi connectivity index (χ1n) is 8.54. The van der Waals surface area contributed by atoms with E-state index in [4.69, 9.17) is 0 Å². The number of hydrazine groups is 1. The summed E-state index contributed by atoms with van der Waals surface area (Å²) < 4.78 is 0. The number of anilines is 1. The molecule has 24 heavy (non-hydrogen) atoms. The fourth-order valence-electron chi connectivity index (χ4n) is 3.36. The van der Waals surface area contributed by atoms with Gasteiger partial charge in [0, 0.05) is 18.2 Å². The SMILES string of the molecule is C=C(C=CNN1CCc2ccccc21)C(C)(C)c1ccccc1C. The largest absolute Gasteiger partial charge is 0.306 e. The Morgan fingerprint density at radius 3 is 2.62 bits per heavy atom. The molecule has 0 unspecified atom stereocenters. The Balaban J connectivity index is 1.69. The van der Waals surface area contributed by atoms with E-state index < -0.39 is 0 Å². The van der Waals surface area contributed by atoms with Crippen LogP contribution in [0.15, 0.2) is 73.0 Å². The van der Waals surface area contributed by atoms with Gasteiger partial charge in [0.25, 0.3) is 0 Å². The predicted octanol–water partition coefficient (Wildman–Crippen LogP) is 4.91. The molecule has 0 amide bonds. The van der Waals surface area contributed by atoms with Crippen molar-refractivity contribution in [2.45, 2.75) is 32.6 Å². The van der Waals surface area contributed by atoms with Gasteiger partial charge in [-0.05, 0) is 47.8 Å². The van der Waals surface area contributed by atoms with E-state index in [1.165, 1.54) is 22.4 Å². The fourth-order valence-corrected chi connectivity index (χ4v) is 3.36. The molecule has 2 aromatic rings. The number of para-hydroxylation sites is 1. The molecular weight excluding hydrogens is 292 g/mol. The van der Waals surface area contributed by atoms with Crippen LogP contribution < -0.4 is 10.4 Å². The topological polar surface area (TPSA) is 15.3 Å². The highest BCUT2D eigenvalue weighted by Crippen LogP contribution is 2.33. The number of hydrogen-bond acceptors (Lipinski definition) is 2. The third-order valence-corrected chi connectivity index (χ3v) is 5.02. The predicted molar refractivity (Wildman–Crippen MR) is 103 cm³/mol. The summed E-state index contributed by atoms with van der Waals surface area (Å²) in [5.74, 6) is 0. The first-order valence-corrected chi connectivity index (χ1v) is 8.54. The average molecular weight is 318 g/mol. The molecule has 1 aliphatic heterocycles. The quantitative estimate of drug-likeness (QED) is 0.788. The van der Waals surface area contributed by atoms with Crippen molar-refractivity contribution in [2.24, 2.45) is 0 Å². The Hall–Kier alpha value is -2.48. The molecule has 0 atom stereocenters. The normalized spacial score (nSPS) is 14.0. The number of benzene rings is 2. The molecule has 0 aliphatic carbocycles. The maximum Gasteiger partial charge on any atom is 0.0604 e. The first kappa shape index (κ1) is 16.4. The fraction of sp³-hybridized carbons (Fsp3) is 0.273. The lowest BCUT2D eigenvalue weighted by atomic mass is 9.76. The van der Waals surface area contributed by atoms with Crippen LogP contribution in [0.2, 0.25) is 0 Å². The Kier molecular flexibility index (Phi) is 4.48. The zero-order valence-corrected chi connectivity index (χ0v) is 14.8. The second kappa shape index (κ2) is 6.56. The maximum atomic E-state index is 4.31. The summed E-state index contributed by atoms with van der Waals surface area (Å²) in [5, 5.41) is 2.19. The summed E-state index contributed by atoms with van der Waals surface area (Å²) in [6.07, 6.45) is 5.19. The maximum absolute atomic E-state index is 4.31. The van der Waals surface area contributed by atoms with E-state index in [0.717, 1.165) is 18.5 Å². The molecule has 1 heterocycles. The Morgan fingerprint density at radius 2 is 1.83 bits per heavy atom. The molecule has 0 aromatic heterocycles. The number of nitrogens with one attached hydrogen (secondary N) is 1. The highest BCUT2D eigenvalue weighted by molar-refractivity contribution is 5.57. The summed E-state index contributed by atoms with van der Waals surface area (Å²) >= 11 is 0. The molecule has 124 valence electrons. The van der Waals surface area contributed by atoms with Gasteiger partial charge in [-0.15, -0.1) is 0 Å². The minimum Gasteiger partial charge on any atom is -0.306 e. The van der Waals surface area contributed by atoms with Gasteiger partial charge in [-0.2, -0.15) is 0 Å². The second-order valence-electron chi connectivity index (χ2n) is 6.96. The lowest BCUT2D eigenvalue weighted by Crippen LogP contribution is -2.32. The number of rotatable bonds is 5. The van der Waals surface area contributed by atoms with E-state index in [1.54, 1.807) is 0 Å². The number of allylic oxidation sites excluding steroid dienone is 2. The van der Waals surface area contributed by atoms with E-state index in [0.29, 0.717) is 0 Å². The van der Waals surface area contributed by atoms with E-state index in [2.05, 4.69) is 92.4 Å². The molecule has 0 saturated heterocycles. The van der Waals surface area contributed by atoms with Crippen LogP contribution in [0.1, 0.15) is 30.5 Å². The zero-order valence-electron chi connectivity index (χ0n) is 14.8. The molecule has 0 fully saturated rings. The summed E-state index contributed by atoms with van der Waals surface area (Å²) in [6.45, 7) is 11.9. The van der Waals surface area contributed by atoms with Crippen molar-refractivity contribution in [3.05, 3.63) is 89.6 Å². The van der Waals surface area contributed by atoms with Crippen molar-refractivity contribution in [1.82, 2.24) is 5.43 Å². The van der Waals surface area contributed by atoms with Crippen molar-refractivity contribution in [3.8, 4) is 0 Å². The number of aryl methyl sites for hydroxylation is 1. The van der Waals surface area contributed by atoms with Crippen LogP contribution in [0, 0.1) is 6.92 Å². The first-order chi connectivity index (χ1) is 11.5. The van der Waals surface area contributed by atoms with Gasteiger partial charge in [0.2, 0.25) is 0 Å². The smallest absolute Gasteiger partial charge is 0.0604 e. The van der Waals surface area contributed by atoms with Crippen molar-refractivity contribution in [1.29, 1.82) is 0 Å². The molecule has 2 heteroatoms. The van der Waals surface area contributed by atoms with Crippen molar-refractivity contribution >= 4 is 5.69 Å². The molecular formula is C22H26N2. The number of nitrogens with zero attached hydrogens (tertiary/aromatic N) is 1. The summed E-state index contributed by atoms with van der Waals surface area (Å²) in [4.78, 5) is 0. The van der Waals surface area contributed by atoms with Gasteiger partial charge >= 0.3 is 0 Å². The zero-order chi connectivity index (χ0) is 17.2. The van der Waals surface area contributed by atoms with Crippen molar-refractivity contribution in [3.63, 3.8) is 0 Å². The Morgan fingerprint density at radius 1 is 1.12 bits per heavy atom. The van der Waals surface area contributed by atoms with Gasteiger partial charge in [0.1, 0.15) is 0 Å². The number of hydrogen-bond donors (Lipinski definition) is 1. The minimum absolute atomic E-state index is 0.0908. The van der Waals surface area contributed by atoms with Gasteiger partial charge in [0.15, 0.2) is 0 Å². The number of fused-ring (bicyclic) bond motifs is 1. The highest BCUT2D eigenvalue weighted by Gasteiger charge is 2.24. The lowest BCUT2D eigenvalue weighted by Gasteiger charge is -2.28. The molecule has 0 spiro atoms. The van der Waals surface area contributed by atoms with E-state index in [1.807, 2.05) is 6.20 Å². The minimum atomic E-state index is -0.0908. The van der Waals surface area contributed by atoms with Gasteiger partial charge in [-0.1, -0.05) is 62.9 Å². The van der Waals surface area contributed by atoms with Crippen LogP contribution in [-0.2, 0) is 11.8 Å². The van der Waals surface area contributed by atoms with Gasteiger partial charge < -0.3 is 5.43 Å². The molecule has 0 bridgehead atoms. The molecule has 0 saturated carbocycles.